The quantitative estimate of drug-likeness (QED) is 0.640. The van der Waals surface area contributed by atoms with E-state index in [-0.39, 0.29) is 5.75 Å². The summed E-state index contributed by atoms with van der Waals surface area (Å²) < 4.78 is 0. The lowest BCUT2D eigenvalue weighted by atomic mass is 9.99. The lowest BCUT2D eigenvalue weighted by Crippen LogP contribution is -2.27. The average Bonchev–Trinajstić information content (AvgIpc) is 2.86. The molecule has 106 valence electrons. The number of aromatic nitrogens is 3. The molecule has 0 saturated carbocycles. The fourth-order valence-corrected chi connectivity index (χ4v) is 3.09. The summed E-state index contributed by atoms with van der Waals surface area (Å²) in [5.74, 6) is 0.224. The van der Waals surface area contributed by atoms with Crippen molar-refractivity contribution in [2.24, 2.45) is 0 Å². The van der Waals surface area contributed by atoms with Gasteiger partial charge in [-0.1, -0.05) is 12.1 Å². The zero-order valence-electron chi connectivity index (χ0n) is 11.7. The molecular weight excluding hydrogens is 264 g/mol. The number of nitrogens with zero attached hydrogens (tertiary/aromatic N) is 2. The first kappa shape index (κ1) is 12.3. The number of nitrogens with one attached hydrogen (secondary N) is 2. The zero-order valence-corrected chi connectivity index (χ0v) is 11.7. The summed E-state index contributed by atoms with van der Waals surface area (Å²) in [7, 11) is 0. The largest absolute Gasteiger partial charge is 0.507 e. The molecule has 4 rings (SSSR count). The number of aromatic hydroxyl groups is 1. The summed E-state index contributed by atoms with van der Waals surface area (Å²) in [6, 6.07) is 9.51. The summed E-state index contributed by atoms with van der Waals surface area (Å²) >= 11 is 0. The van der Waals surface area contributed by atoms with Gasteiger partial charge in [-0.3, -0.25) is 0 Å². The molecule has 2 aromatic heterocycles. The van der Waals surface area contributed by atoms with Gasteiger partial charge in [0.25, 0.3) is 0 Å². The Kier molecular flexibility index (Phi) is 2.68. The molecule has 21 heavy (non-hydrogen) atoms. The number of rotatable bonds is 1. The van der Waals surface area contributed by atoms with E-state index in [4.69, 9.17) is 0 Å². The molecule has 1 aromatic carbocycles. The van der Waals surface area contributed by atoms with Gasteiger partial charge in [-0.2, -0.15) is 0 Å². The van der Waals surface area contributed by atoms with E-state index in [2.05, 4.69) is 27.4 Å². The lowest BCUT2D eigenvalue weighted by molar-refractivity contribution is 0.477. The van der Waals surface area contributed by atoms with E-state index < -0.39 is 0 Å². The molecule has 5 heteroatoms. The van der Waals surface area contributed by atoms with Gasteiger partial charge in [0.2, 0.25) is 0 Å². The Bertz CT molecular complexity index is 824. The van der Waals surface area contributed by atoms with E-state index in [1.54, 1.807) is 12.1 Å². The topological polar surface area (TPSA) is 73.8 Å². The van der Waals surface area contributed by atoms with Crippen molar-refractivity contribution in [3.8, 4) is 17.0 Å². The van der Waals surface area contributed by atoms with Crippen LogP contribution in [0.4, 0.5) is 0 Å². The van der Waals surface area contributed by atoms with Crippen LogP contribution >= 0.6 is 0 Å². The van der Waals surface area contributed by atoms with E-state index in [0.29, 0.717) is 17.3 Å². The summed E-state index contributed by atoms with van der Waals surface area (Å²) in [5.41, 5.74) is 4.72. The Morgan fingerprint density at radius 2 is 2.10 bits per heavy atom. The van der Waals surface area contributed by atoms with Crippen LogP contribution in [0.15, 0.2) is 30.3 Å². The highest BCUT2D eigenvalue weighted by molar-refractivity contribution is 5.85. The van der Waals surface area contributed by atoms with E-state index in [9.17, 15) is 5.11 Å². The van der Waals surface area contributed by atoms with Gasteiger partial charge < -0.3 is 15.4 Å². The third-order valence-corrected chi connectivity index (χ3v) is 4.12. The molecular formula is C16H16N4O. The van der Waals surface area contributed by atoms with E-state index in [1.165, 1.54) is 11.3 Å². The van der Waals surface area contributed by atoms with Gasteiger partial charge in [0, 0.05) is 35.7 Å². The van der Waals surface area contributed by atoms with Gasteiger partial charge >= 0.3 is 0 Å². The SMILES string of the molecule is C[C@H]1NCCc2[nH]c3nnc(-c4ccccc4O)cc3c21. The normalized spacial score (nSPS) is 17.9. The van der Waals surface area contributed by atoms with E-state index in [0.717, 1.165) is 24.0 Å². The molecule has 1 aliphatic heterocycles. The second kappa shape index (κ2) is 4.56. The van der Waals surface area contributed by atoms with Gasteiger partial charge in [-0.15, -0.1) is 10.2 Å². The number of fused-ring (bicyclic) bond motifs is 3. The van der Waals surface area contributed by atoms with Crippen LogP contribution in [0.25, 0.3) is 22.3 Å². The van der Waals surface area contributed by atoms with E-state index >= 15 is 0 Å². The summed E-state index contributed by atoms with van der Waals surface area (Å²) in [6.07, 6.45) is 0.974. The molecule has 0 bridgehead atoms. The minimum atomic E-state index is 0.224. The van der Waals surface area contributed by atoms with Crippen molar-refractivity contribution in [1.82, 2.24) is 20.5 Å². The molecule has 0 amide bonds. The molecule has 0 fully saturated rings. The Morgan fingerprint density at radius 3 is 2.95 bits per heavy atom. The maximum absolute atomic E-state index is 9.99. The van der Waals surface area contributed by atoms with Crippen LogP contribution < -0.4 is 5.32 Å². The molecule has 0 unspecified atom stereocenters. The first-order chi connectivity index (χ1) is 10.2. The number of hydrogen-bond donors (Lipinski definition) is 3. The highest BCUT2D eigenvalue weighted by atomic mass is 16.3. The molecule has 1 atom stereocenters. The molecule has 1 aliphatic rings. The molecule has 3 heterocycles. The van der Waals surface area contributed by atoms with E-state index in [1.807, 2.05) is 18.2 Å². The van der Waals surface area contributed by atoms with Gasteiger partial charge in [0.15, 0.2) is 5.65 Å². The number of para-hydroxylation sites is 1. The van der Waals surface area contributed by atoms with Crippen LogP contribution in [0, 0.1) is 0 Å². The zero-order chi connectivity index (χ0) is 14.4. The molecule has 0 saturated heterocycles. The van der Waals surface area contributed by atoms with Crippen molar-refractivity contribution in [1.29, 1.82) is 0 Å². The molecule has 3 aromatic rings. The maximum atomic E-state index is 9.99. The number of aromatic amines is 1. The third-order valence-electron chi connectivity index (χ3n) is 4.12. The molecule has 0 spiro atoms. The maximum Gasteiger partial charge on any atom is 0.160 e. The number of hydrogen-bond acceptors (Lipinski definition) is 4. The predicted octanol–water partition coefficient (Wildman–Crippen LogP) is 2.54. The minimum Gasteiger partial charge on any atom is -0.507 e. The van der Waals surface area contributed by atoms with Gasteiger partial charge in [-0.05, 0) is 30.7 Å². The minimum absolute atomic E-state index is 0.224. The van der Waals surface area contributed by atoms with Crippen molar-refractivity contribution in [3.63, 3.8) is 0 Å². The lowest BCUT2D eigenvalue weighted by Gasteiger charge is -2.20. The van der Waals surface area contributed by atoms with Crippen molar-refractivity contribution >= 4 is 11.0 Å². The van der Waals surface area contributed by atoms with Crippen LogP contribution in [0.1, 0.15) is 24.2 Å². The number of phenols is 1. The summed E-state index contributed by atoms with van der Waals surface area (Å²) in [4.78, 5) is 3.36. The van der Waals surface area contributed by atoms with Gasteiger partial charge in [0.05, 0.1) is 5.69 Å². The van der Waals surface area contributed by atoms with Gasteiger partial charge in [0.1, 0.15) is 5.75 Å². The monoisotopic (exact) mass is 280 g/mol. The Labute approximate surface area is 122 Å². The smallest absolute Gasteiger partial charge is 0.160 e. The second-order valence-corrected chi connectivity index (χ2v) is 5.45. The first-order valence-electron chi connectivity index (χ1n) is 7.14. The van der Waals surface area contributed by atoms with Crippen LogP contribution in [0.5, 0.6) is 5.75 Å². The molecule has 5 nitrogen and oxygen atoms in total. The predicted molar refractivity (Wildman–Crippen MR) is 81.1 cm³/mol. The fraction of sp³-hybridized carbons (Fsp3) is 0.250. The standard InChI is InChI=1S/C16H16N4O/c1-9-15-11-8-13(10-4-2-3-5-14(10)21)19-20-16(11)18-12(15)6-7-17-9/h2-5,8-9,17,21H,6-7H2,1H3,(H,18,20)/t9-/m1/s1. The van der Waals surface area contributed by atoms with Crippen molar-refractivity contribution in [2.75, 3.05) is 6.54 Å². The van der Waals surface area contributed by atoms with Crippen molar-refractivity contribution in [3.05, 3.63) is 41.6 Å². The Balaban J connectivity index is 1.94. The fourth-order valence-electron chi connectivity index (χ4n) is 3.09. The van der Waals surface area contributed by atoms with Crippen LogP contribution in [0.3, 0.4) is 0 Å². The average molecular weight is 280 g/mol. The highest BCUT2D eigenvalue weighted by Gasteiger charge is 2.22. The van der Waals surface area contributed by atoms with Crippen molar-refractivity contribution in [2.45, 2.75) is 19.4 Å². The molecule has 0 aliphatic carbocycles. The van der Waals surface area contributed by atoms with Crippen LogP contribution in [-0.4, -0.2) is 26.8 Å². The third kappa shape index (κ3) is 1.89. The Morgan fingerprint density at radius 1 is 1.24 bits per heavy atom. The number of benzene rings is 1. The highest BCUT2D eigenvalue weighted by Crippen LogP contribution is 2.33. The second-order valence-electron chi connectivity index (χ2n) is 5.45. The van der Waals surface area contributed by atoms with Crippen LogP contribution in [-0.2, 0) is 6.42 Å². The Hall–Kier alpha value is -2.40. The summed E-state index contributed by atoms with van der Waals surface area (Å²) in [6.45, 7) is 3.13. The summed E-state index contributed by atoms with van der Waals surface area (Å²) in [5, 5.41) is 23.1. The van der Waals surface area contributed by atoms with Crippen molar-refractivity contribution < 1.29 is 5.11 Å². The number of H-pyrrole nitrogens is 1. The molecule has 3 N–H and O–H groups in total. The molecule has 0 radical (unpaired) electrons. The number of phenolic OH excluding ortho intramolecular Hbond substituents is 1. The first-order valence-corrected chi connectivity index (χ1v) is 7.14. The van der Waals surface area contributed by atoms with Crippen LogP contribution in [0.2, 0.25) is 0 Å². The van der Waals surface area contributed by atoms with Gasteiger partial charge in [-0.25, -0.2) is 0 Å².